The summed E-state index contributed by atoms with van der Waals surface area (Å²) >= 11 is 0. The van der Waals surface area contributed by atoms with Crippen molar-refractivity contribution in [2.24, 2.45) is 5.41 Å². The summed E-state index contributed by atoms with van der Waals surface area (Å²) in [5.74, 6) is -3.81. The molecule has 0 radical (unpaired) electrons. The maximum absolute atomic E-state index is 12.0. The molecule has 0 spiro atoms. The van der Waals surface area contributed by atoms with Crippen molar-refractivity contribution in [3.8, 4) is 0 Å². The third-order valence-electron chi connectivity index (χ3n) is 2.67. The predicted molar refractivity (Wildman–Crippen MR) is 54.2 cm³/mol. The highest BCUT2D eigenvalue weighted by Crippen LogP contribution is 2.28. The molecule has 0 aliphatic heterocycles. The van der Waals surface area contributed by atoms with E-state index in [0.717, 1.165) is 0 Å². The maximum Gasteiger partial charge on any atom is 0.471 e. The van der Waals surface area contributed by atoms with Crippen LogP contribution >= 0.6 is 0 Å². The second-order valence-electron chi connectivity index (χ2n) is 3.81. The summed E-state index contributed by atoms with van der Waals surface area (Å²) in [6.07, 6.45) is -3.66. The first kappa shape index (κ1) is 15.5. The molecule has 0 rings (SSSR count). The molecule has 4 nitrogen and oxygen atoms in total. The normalized spacial score (nSPS) is 16.8. The topological polar surface area (TPSA) is 66.4 Å². The van der Waals surface area contributed by atoms with E-state index >= 15 is 0 Å². The van der Waals surface area contributed by atoms with Gasteiger partial charge in [0.15, 0.2) is 0 Å². The summed E-state index contributed by atoms with van der Waals surface area (Å²) in [6, 6.07) is -1.67. The number of carboxylic acids is 1. The van der Waals surface area contributed by atoms with Crippen molar-refractivity contribution in [2.75, 3.05) is 0 Å². The number of carbonyl (C=O) groups is 2. The molecule has 0 aliphatic rings. The maximum atomic E-state index is 12.0. The number of aliphatic carboxylic acids is 1. The van der Waals surface area contributed by atoms with E-state index in [0.29, 0.717) is 0 Å². The van der Waals surface area contributed by atoms with Crippen LogP contribution in [0, 0.1) is 5.41 Å². The summed E-state index contributed by atoms with van der Waals surface area (Å²) in [7, 11) is 0. The molecule has 0 saturated heterocycles. The average Bonchev–Trinajstić information content (AvgIpc) is 2.22. The molecule has 2 N–H and O–H groups in total. The highest BCUT2D eigenvalue weighted by atomic mass is 19.4. The van der Waals surface area contributed by atoms with Crippen LogP contribution in [0.25, 0.3) is 0 Å². The molecule has 0 bridgehead atoms. The molecule has 0 unspecified atom stereocenters. The molecular weight excluding hydrogens is 239 g/mol. The molecule has 98 valence electrons. The Morgan fingerprint density at radius 3 is 2.18 bits per heavy atom. The van der Waals surface area contributed by atoms with Crippen LogP contribution in [-0.4, -0.2) is 29.2 Å². The Balaban J connectivity index is 5.09. The number of halogens is 3. The fraction of sp³-hybridized carbons (Fsp3) is 0.600. The van der Waals surface area contributed by atoms with Crippen molar-refractivity contribution in [2.45, 2.75) is 32.5 Å². The van der Waals surface area contributed by atoms with Gasteiger partial charge in [-0.1, -0.05) is 19.9 Å². The number of carbonyl (C=O) groups excluding carboxylic acids is 1. The summed E-state index contributed by atoms with van der Waals surface area (Å²) in [6.45, 7) is 6.39. The lowest BCUT2D eigenvalue weighted by Gasteiger charge is -2.31. The van der Waals surface area contributed by atoms with Gasteiger partial charge in [0.05, 0.1) is 0 Å². The monoisotopic (exact) mass is 253 g/mol. The second-order valence-corrected chi connectivity index (χ2v) is 3.81. The molecule has 0 aliphatic carbocycles. The quantitative estimate of drug-likeness (QED) is 0.733. The van der Waals surface area contributed by atoms with E-state index in [2.05, 4.69) is 6.58 Å². The molecule has 0 aromatic carbocycles. The lowest BCUT2D eigenvalue weighted by atomic mass is 9.80. The van der Waals surface area contributed by atoms with Gasteiger partial charge in [0.25, 0.3) is 0 Å². The lowest BCUT2D eigenvalue weighted by Crippen LogP contribution is -2.53. The first-order chi connectivity index (χ1) is 7.58. The van der Waals surface area contributed by atoms with Crippen LogP contribution in [0.2, 0.25) is 0 Å². The summed E-state index contributed by atoms with van der Waals surface area (Å²) in [4.78, 5) is 21.6. The average molecular weight is 253 g/mol. The molecule has 0 fully saturated rings. The highest BCUT2D eigenvalue weighted by Gasteiger charge is 2.44. The van der Waals surface area contributed by atoms with E-state index in [4.69, 9.17) is 5.11 Å². The standard InChI is InChI=1S/C10H14F3NO3/c1-4-9(3,5-2)6(7(15)16)14-8(17)10(11,12)13/h4,6H,1,5H2,2-3H3,(H,14,17)(H,15,16)/t6-,9+/m1/s1. The van der Waals surface area contributed by atoms with Gasteiger partial charge in [-0.3, -0.25) is 4.79 Å². The fourth-order valence-corrected chi connectivity index (χ4v) is 1.19. The molecule has 0 heterocycles. The van der Waals surface area contributed by atoms with Gasteiger partial charge >= 0.3 is 18.1 Å². The summed E-state index contributed by atoms with van der Waals surface area (Å²) in [5.41, 5.74) is -1.15. The van der Waals surface area contributed by atoms with Gasteiger partial charge in [-0.25, -0.2) is 4.79 Å². The van der Waals surface area contributed by atoms with Gasteiger partial charge in [0, 0.05) is 5.41 Å². The van der Waals surface area contributed by atoms with Crippen molar-refractivity contribution in [1.82, 2.24) is 5.32 Å². The minimum absolute atomic E-state index is 0.228. The van der Waals surface area contributed by atoms with Crippen LogP contribution < -0.4 is 5.32 Å². The van der Waals surface area contributed by atoms with Crippen molar-refractivity contribution in [3.05, 3.63) is 12.7 Å². The molecule has 1 amide bonds. The Hall–Kier alpha value is -1.53. The fourth-order valence-electron chi connectivity index (χ4n) is 1.19. The Labute approximate surface area is 96.5 Å². The van der Waals surface area contributed by atoms with Crippen LogP contribution in [0.5, 0.6) is 0 Å². The van der Waals surface area contributed by atoms with E-state index in [1.807, 2.05) is 0 Å². The highest BCUT2D eigenvalue weighted by molar-refractivity contribution is 5.87. The zero-order valence-electron chi connectivity index (χ0n) is 9.47. The largest absolute Gasteiger partial charge is 0.480 e. The number of hydrogen-bond donors (Lipinski definition) is 2. The molecule has 0 aromatic rings. The van der Waals surface area contributed by atoms with E-state index in [9.17, 15) is 22.8 Å². The molecular formula is C10H14F3NO3. The van der Waals surface area contributed by atoms with Gasteiger partial charge in [-0.2, -0.15) is 13.2 Å². The smallest absolute Gasteiger partial charge is 0.471 e. The van der Waals surface area contributed by atoms with Crippen LogP contribution in [0.4, 0.5) is 13.2 Å². The summed E-state index contributed by atoms with van der Waals surface area (Å²) < 4.78 is 36.1. The number of alkyl halides is 3. The van der Waals surface area contributed by atoms with Crippen LogP contribution in [0.3, 0.4) is 0 Å². The second kappa shape index (κ2) is 5.20. The van der Waals surface area contributed by atoms with Gasteiger partial charge in [-0.15, -0.1) is 6.58 Å². The SMILES string of the molecule is C=C[C@@](C)(CC)[C@H](NC(=O)C(F)(F)F)C(=O)O. The molecule has 0 aromatic heterocycles. The number of hydrogen-bond acceptors (Lipinski definition) is 2. The molecule has 7 heteroatoms. The number of amides is 1. The Bertz CT molecular complexity index is 327. The number of nitrogens with one attached hydrogen (secondary N) is 1. The zero-order chi connectivity index (χ0) is 13.9. The van der Waals surface area contributed by atoms with Crippen LogP contribution in [-0.2, 0) is 9.59 Å². The van der Waals surface area contributed by atoms with Crippen molar-refractivity contribution < 1.29 is 27.9 Å². The molecule has 17 heavy (non-hydrogen) atoms. The van der Waals surface area contributed by atoms with Crippen molar-refractivity contribution in [3.63, 3.8) is 0 Å². The van der Waals surface area contributed by atoms with E-state index in [1.165, 1.54) is 18.3 Å². The first-order valence-electron chi connectivity index (χ1n) is 4.82. The van der Waals surface area contributed by atoms with Crippen LogP contribution in [0.15, 0.2) is 12.7 Å². The third kappa shape index (κ3) is 3.76. The zero-order valence-corrected chi connectivity index (χ0v) is 9.47. The Kier molecular flexibility index (Phi) is 4.73. The van der Waals surface area contributed by atoms with Crippen LogP contribution in [0.1, 0.15) is 20.3 Å². The number of rotatable bonds is 5. The minimum atomic E-state index is -5.11. The third-order valence-corrected chi connectivity index (χ3v) is 2.67. The van der Waals surface area contributed by atoms with Gasteiger partial charge in [0.1, 0.15) is 6.04 Å². The minimum Gasteiger partial charge on any atom is -0.480 e. The lowest BCUT2D eigenvalue weighted by molar-refractivity contribution is -0.176. The Morgan fingerprint density at radius 2 is 1.94 bits per heavy atom. The van der Waals surface area contributed by atoms with E-state index in [1.54, 1.807) is 6.92 Å². The van der Waals surface area contributed by atoms with E-state index in [-0.39, 0.29) is 6.42 Å². The molecule has 0 saturated carbocycles. The number of carboxylic acid groups (broad SMARTS) is 1. The predicted octanol–water partition coefficient (Wildman–Crippen LogP) is 1.72. The van der Waals surface area contributed by atoms with Gasteiger partial charge < -0.3 is 10.4 Å². The first-order valence-corrected chi connectivity index (χ1v) is 4.82. The molecule has 2 atom stereocenters. The van der Waals surface area contributed by atoms with Gasteiger partial charge in [-0.05, 0) is 6.42 Å². The van der Waals surface area contributed by atoms with Crippen molar-refractivity contribution >= 4 is 11.9 Å². The Morgan fingerprint density at radius 1 is 1.47 bits per heavy atom. The summed E-state index contributed by atoms with van der Waals surface area (Å²) in [5, 5.41) is 10.3. The van der Waals surface area contributed by atoms with Crippen molar-refractivity contribution in [1.29, 1.82) is 0 Å². The van der Waals surface area contributed by atoms with Gasteiger partial charge in [0.2, 0.25) is 0 Å². The van der Waals surface area contributed by atoms with E-state index < -0.39 is 29.5 Å².